The number of nitrogens with zero attached hydrogens (tertiary/aromatic N) is 1. The van der Waals surface area contributed by atoms with Crippen LogP contribution in [-0.4, -0.2) is 19.1 Å². The number of hydrogen-bond acceptors (Lipinski definition) is 4. The molecule has 0 radical (unpaired) electrons. The Bertz CT molecular complexity index is 446. The number of nitrogens with one attached hydrogen (secondary N) is 1. The van der Waals surface area contributed by atoms with E-state index in [0.29, 0.717) is 18.0 Å². The number of benzene rings is 1. The summed E-state index contributed by atoms with van der Waals surface area (Å²) in [5, 5.41) is 11.9. The van der Waals surface area contributed by atoms with Crippen LogP contribution in [0.4, 0.5) is 0 Å². The van der Waals surface area contributed by atoms with E-state index in [1.54, 1.807) is 12.1 Å². The number of hydrogen-bond donors (Lipinski definition) is 1. The highest BCUT2D eigenvalue weighted by Gasteiger charge is 2.19. The summed E-state index contributed by atoms with van der Waals surface area (Å²) in [5.74, 6) is 0.180. The Hall–Kier alpha value is -1.86. The van der Waals surface area contributed by atoms with Crippen LogP contribution in [0.5, 0.6) is 0 Å². The van der Waals surface area contributed by atoms with E-state index in [0.717, 1.165) is 12.0 Å². The number of carbonyl (C=O) groups is 1. The first kappa shape index (κ1) is 15.2. The van der Waals surface area contributed by atoms with Crippen LogP contribution in [0.25, 0.3) is 0 Å². The molecule has 0 aromatic heterocycles. The van der Waals surface area contributed by atoms with Crippen molar-refractivity contribution in [2.24, 2.45) is 5.92 Å². The molecule has 4 nitrogen and oxygen atoms in total. The van der Waals surface area contributed by atoms with Crippen LogP contribution in [0, 0.1) is 17.2 Å². The lowest BCUT2D eigenvalue weighted by Crippen LogP contribution is -2.38. The molecule has 0 saturated heterocycles. The molecule has 0 bridgehead atoms. The average molecular weight is 260 g/mol. The van der Waals surface area contributed by atoms with Gasteiger partial charge in [-0.05, 0) is 30.0 Å². The third-order valence-electron chi connectivity index (χ3n) is 2.83. The summed E-state index contributed by atoms with van der Waals surface area (Å²) < 4.78 is 4.79. The van der Waals surface area contributed by atoms with Gasteiger partial charge in [0, 0.05) is 6.54 Å². The van der Waals surface area contributed by atoms with Gasteiger partial charge in [-0.2, -0.15) is 5.26 Å². The lowest BCUT2D eigenvalue weighted by Gasteiger charge is -2.18. The predicted octanol–water partition coefficient (Wildman–Crippen LogP) is 2.24. The van der Waals surface area contributed by atoms with Crippen molar-refractivity contribution in [3.05, 3.63) is 35.4 Å². The lowest BCUT2D eigenvalue weighted by molar-refractivity contribution is -0.143. The third-order valence-corrected chi connectivity index (χ3v) is 2.83. The first-order valence-corrected chi connectivity index (χ1v) is 6.37. The largest absolute Gasteiger partial charge is 0.468 e. The van der Waals surface area contributed by atoms with Crippen molar-refractivity contribution in [3.8, 4) is 6.07 Å². The second-order valence-corrected chi connectivity index (χ2v) is 4.89. The molecule has 0 aliphatic heterocycles. The minimum Gasteiger partial charge on any atom is -0.468 e. The molecule has 1 aromatic carbocycles. The van der Waals surface area contributed by atoms with Crippen molar-refractivity contribution < 1.29 is 9.53 Å². The van der Waals surface area contributed by atoms with Crippen LogP contribution in [0.3, 0.4) is 0 Å². The highest BCUT2D eigenvalue weighted by Crippen LogP contribution is 2.08. The normalized spacial score (nSPS) is 11.9. The molecular weight excluding hydrogens is 240 g/mol. The van der Waals surface area contributed by atoms with Gasteiger partial charge < -0.3 is 10.1 Å². The highest BCUT2D eigenvalue weighted by atomic mass is 16.5. The topological polar surface area (TPSA) is 62.1 Å². The average Bonchev–Trinajstić information content (AvgIpc) is 2.42. The zero-order valence-electron chi connectivity index (χ0n) is 11.6. The van der Waals surface area contributed by atoms with Gasteiger partial charge in [-0.25, -0.2) is 0 Å². The Morgan fingerprint density at radius 1 is 1.37 bits per heavy atom. The fourth-order valence-corrected chi connectivity index (χ4v) is 1.81. The van der Waals surface area contributed by atoms with Crippen molar-refractivity contribution >= 4 is 5.97 Å². The van der Waals surface area contributed by atoms with Crippen LogP contribution in [0.2, 0.25) is 0 Å². The molecule has 0 saturated carbocycles. The fourth-order valence-electron chi connectivity index (χ4n) is 1.81. The summed E-state index contributed by atoms with van der Waals surface area (Å²) in [6, 6.07) is 9.10. The Kier molecular flexibility index (Phi) is 6.04. The van der Waals surface area contributed by atoms with Crippen LogP contribution in [-0.2, 0) is 16.1 Å². The van der Waals surface area contributed by atoms with E-state index in [4.69, 9.17) is 10.00 Å². The van der Waals surface area contributed by atoms with E-state index < -0.39 is 0 Å². The van der Waals surface area contributed by atoms with Gasteiger partial charge in [0.1, 0.15) is 6.04 Å². The van der Waals surface area contributed by atoms with Crippen LogP contribution < -0.4 is 5.32 Å². The Balaban J connectivity index is 2.59. The van der Waals surface area contributed by atoms with E-state index in [2.05, 4.69) is 25.2 Å². The Morgan fingerprint density at radius 3 is 2.47 bits per heavy atom. The maximum absolute atomic E-state index is 11.6. The van der Waals surface area contributed by atoms with E-state index in [9.17, 15) is 4.79 Å². The van der Waals surface area contributed by atoms with Gasteiger partial charge >= 0.3 is 5.97 Å². The molecule has 0 aliphatic rings. The summed E-state index contributed by atoms with van der Waals surface area (Å²) in [6.45, 7) is 4.72. The number of nitriles is 1. The summed E-state index contributed by atoms with van der Waals surface area (Å²) >= 11 is 0. The minimum atomic E-state index is -0.291. The molecule has 1 atom stereocenters. The maximum Gasteiger partial charge on any atom is 0.322 e. The predicted molar refractivity (Wildman–Crippen MR) is 73.3 cm³/mol. The molecule has 0 fully saturated rings. The van der Waals surface area contributed by atoms with Crippen LogP contribution in [0.1, 0.15) is 31.4 Å². The van der Waals surface area contributed by atoms with Crippen LogP contribution in [0.15, 0.2) is 24.3 Å². The summed E-state index contributed by atoms with van der Waals surface area (Å²) in [7, 11) is 1.40. The molecule has 0 aliphatic carbocycles. The molecular formula is C15H20N2O2. The van der Waals surface area contributed by atoms with E-state index in [1.807, 2.05) is 12.1 Å². The quantitative estimate of drug-likeness (QED) is 0.797. The SMILES string of the molecule is COC(=O)C(CC(C)C)NCc1ccc(C#N)cc1. The molecule has 1 rings (SSSR count). The fraction of sp³-hybridized carbons (Fsp3) is 0.467. The number of ether oxygens (including phenoxy) is 1. The first-order chi connectivity index (χ1) is 9.06. The Morgan fingerprint density at radius 2 is 2.00 bits per heavy atom. The molecule has 0 spiro atoms. The van der Waals surface area contributed by atoms with Crippen molar-refractivity contribution in [2.75, 3.05) is 7.11 Å². The van der Waals surface area contributed by atoms with Gasteiger partial charge in [-0.1, -0.05) is 26.0 Å². The zero-order chi connectivity index (χ0) is 14.3. The molecule has 1 aromatic rings. The van der Waals surface area contributed by atoms with E-state index in [1.165, 1.54) is 7.11 Å². The number of esters is 1. The molecule has 1 unspecified atom stereocenters. The van der Waals surface area contributed by atoms with Gasteiger partial charge in [0.15, 0.2) is 0 Å². The molecule has 102 valence electrons. The van der Waals surface area contributed by atoms with E-state index in [-0.39, 0.29) is 12.0 Å². The van der Waals surface area contributed by atoms with Gasteiger partial charge in [-0.3, -0.25) is 4.79 Å². The molecule has 19 heavy (non-hydrogen) atoms. The standard InChI is InChI=1S/C15H20N2O2/c1-11(2)8-14(15(18)19-3)17-10-13-6-4-12(9-16)5-7-13/h4-7,11,14,17H,8,10H2,1-3H3. The molecule has 4 heteroatoms. The number of methoxy groups -OCH3 is 1. The van der Waals surface area contributed by atoms with Crippen molar-refractivity contribution in [2.45, 2.75) is 32.9 Å². The summed E-state index contributed by atoms with van der Waals surface area (Å²) in [4.78, 5) is 11.6. The Labute approximate surface area is 114 Å². The van der Waals surface area contributed by atoms with Gasteiger partial charge in [0.2, 0.25) is 0 Å². The zero-order valence-corrected chi connectivity index (χ0v) is 11.6. The van der Waals surface area contributed by atoms with Crippen molar-refractivity contribution in [3.63, 3.8) is 0 Å². The molecule has 1 N–H and O–H groups in total. The molecule has 0 heterocycles. The second-order valence-electron chi connectivity index (χ2n) is 4.89. The summed E-state index contributed by atoms with van der Waals surface area (Å²) in [5.41, 5.74) is 1.67. The van der Waals surface area contributed by atoms with Gasteiger partial charge in [-0.15, -0.1) is 0 Å². The van der Waals surface area contributed by atoms with Gasteiger partial charge in [0.05, 0.1) is 18.7 Å². The van der Waals surface area contributed by atoms with Crippen molar-refractivity contribution in [1.29, 1.82) is 5.26 Å². The second kappa shape index (κ2) is 7.55. The number of carbonyl (C=O) groups excluding carboxylic acids is 1. The van der Waals surface area contributed by atoms with E-state index >= 15 is 0 Å². The minimum absolute atomic E-state index is 0.234. The maximum atomic E-state index is 11.6. The summed E-state index contributed by atoms with van der Waals surface area (Å²) in [6.07, 6.45) is 0.739. The molecule has 0 amide bonds. The van der Waals surface area contributed by atoms with Gasteiger partial charge in [0.25, 0.3) is 0 Å². The third kappa shape index (κ3) is 5.11. The monoisotopic (exact) mass is 260 g/mol. The first-order valence-electron chi connectivity index (χ1n) is 6.37. The number of rotatable bonds is 6. The lowest BCUT2D eigenvalue weighted by atomic mass is 10.0. The van der Waals surface area contributed by atoms with Crippen LogP contribution >= 0.6 is 0 Å². The smallest absolute Gasteiger partial charge is 0.322 e. The van der Waals surface area contributed by atoms with Crippen molar-refractivity contribution in [1.82, 2.24) is 5.32 Å². The highest BCUT2D eigenvalue weighted by molar-refractivity contribution is 5.75.